The Morgan fingerprint density at radius 1 is 1.17 bits per heavy atom. The maximum absolute atomic E-state index is 3.30. The molecule has 0 spiro atoms. The summed E-state index contributed by atoms with van der Waals surface area (Å²) in [6.45, 7) is 9.18. The molecule has 1 aliphatic heterocycles. The van der Waals surface area contributed by atoms with Gasteiger partial charge in [-0.25, -0.2) is 0 Å². The zero-order valence-corrected chi connectivity index (χ0v) is 12.0. The number of nitrogens with one attached hydrogen (secondary N) is 1. The van der Waals surface area contributed by atoms with Gasteiger partial charge in [0.25, 0.3) is 0 Å². The Labute approximate surface area is 111 Å². The van der Waals surface area contributed by atoms with Crippen LogP contribution in [0.2, 0.25) is 0 Å². The van der Waals surface area contributed by atoms with Crippen molar-refractivity contribution in [2.24, 2.45) is 5.92 Å². The van der Waals surface area contributed by atoms with E-state index in [1.54, 1.807) is 0 Å². The molecule has 0 aliphatic carbocycles. The van der Waals surface area contributed by atoms with Gasteiger partial charge in [0, 0.05) is 6.54 Å². The molecule has 0 unspecified atom stereocenters. The summed E-state index contributed by atoms with van der Waals surface area (Å²) in [5.74, 6) is 0.881. The molecule has 2 rings (SSSR count). The molecular weight excluding hydrogens is 220 g/mol. The highest BCUT2D eigenvalue weighted by atomic mass is 15.1. The minimum absolute atomic E-state index is 0.881. The third-order valence-electron chi connectivity index (χ3n) is 4.18. The average Bonchev–Trinajstić information content (AvgIpc) is 2.37. The van der Waals surface area contributed by atoms with E-state index in [9.17, 15) is 0 Å². The van der Waals surface area contributed by atoms with Crippen LogP contribution in [0.4, 0.5) is 0 Å². The normalized spacial score (nSPS) is 18.2. The Balaban J connectivity index is 1.85. The summed E-state index contributed by atoms with van der Waals surface area (Å²) >= 11 is 0. The molecule has 1 saturated heterocycles. The van der Waals surface area contributed by atoms with Gasteiger partial charge in [0.2, 0.25) is 0 Å². The molecule has 1 fully saturated rings. The lowest BCUT2D eigenvalue weighted by molar-refractivity contribution is 0.177. The number of piperidine rings is 1. The number of benzene rings is 1. The largest absolute Gasteiger partial charge is 0.319 e. The first-order valence-corrected chi connectivity index (χ1v) is 7.12. The smallest absolute Gasteiger partial charge is 0.0233 e. The Morgan fingerprint density at radius 3 is 2.50 bits per heavy atom. The van der Waals surface area contributed by atoms with Gasteiger partial charge in [0.05, 0.1) is 0 Å². The van der Waals surface area contributed by atoms with Crippen LogP contribution >= 0.6 is 0 Å². The predicted molar refractivity (Wildman–Crippen MR) is 77.8 cm³/mol. The van der Waals surface area contributed by atoms with E-state index >= 15 is 0 Å². The van der Waals surface area contributed by atoms with E-state index in [0.717, 1.165) is 12.5 Å². The van der Waals surface area contributed by atoms with Gasteiger partial charge in [-0.2, -0.15) is 0 Å². The third kappa shape index (κ3) is 3.56. The first-order chi connectivity index (χ1) is 8.69. The molecule has 0 amide bonds. The SMILES string of the molecule is CNCC1CCN(Cc2ccc(C)c(C)c2)CC1. The van der Waals surface area contributed by atoms with Crippen molar-refractivity contribution in [3.05, 3.63) is 34.9 Å². The minimum Gasteiger partial charge on any atom is -0.319 e. The number of hydrogen-bond donors (Lipinski definition) is 1. The van der Waals surface area contributed by atoms with Gasteiger partial charge in [-0.3, -0.25) is 4.90 Å². The topological polar surface area (TPSA) is 15.3 Å². The molecule has 1 aromatic carbocycles. The van der Waals surface area contributed by atoms with Crippen LogP contribution in [0.1, 0.15) is 29.5 Å². The van der Waals surface area contributed by atoms with Gasteiger partial charge < -0.3 is 5.32 Å². The van der Waals surface area contributed by atoms with Crippen molar-refractivity contribution in [2.45, 2.75) is 33.2 Å². The average molecular weight is 246 g/mol. The second-order valence-corrected chi connectivity index (χ2v) is 5.70. The fraction of sp³-hybridized carbons (Fsp3) is 0.625. The third-order valence-corrected chi connectivity index (χ3v) is 4.18. The summed E-state index contributed by atoms with van der Waals surface area (Å²) in [4.78, 5) is 2.59. The number of likely N-dealkylation sites (tertiary alicyclic amines) is 1. The van der Waals surface area contributed by atoms with Crippen molar-refractivity contribution >= 4 is 0 Å². The lowest BCUT2D eigenvalue weighted by Gasteiger charge is -2.32. The second-order valence-electron chi connectivity index (χ2n) is 5.70. The number of rotatable bonds is 4. The molecule has 18 heavy (non-hydrogen) atoms. The highest BCUT2D eigenvalue weighted by Crippen LogP contribution is 2.19. The molecule has 0 atom stereocenters. The zero-order valence-electron chi connectivity index (χ0n) is 12.0. The molecule has 1 aromatic rings. The van der Waals surface area contributed by atoms with Gasteiger partial charge in [-0.15, -0.1) is 0 Å². The van der Waals surface area contributed by atoms with Crippen LogP contribution in [0.5, 0.6) is 0 Å². The van der Waals surface area contributed by atoms with Crippen molar-refractivity contribution in [1.29, 1.82) is 0 Å². The van der Waals surface area contributed by atoms with Crippen molar-refractivity contribution in [3.63, 3.8) is 0 Å². The summed E-state index contributed by atoms with van der Waals surface area (Å²) in [6, 6.07) is 6.87. The van der Waals surface area contributed by atoms with Crippen molar-refractivity contribution in [2.75, 3.05) is 26.7 Å². The van der Waals surface area contributed by atoms with Gasteiger partial charge >= 0.3 is 0 Å². The standard InChI is InChI=1S/C16H26N2/c1-13-4-5-16(10-14(13)2)12-18-8-6-15(7-9-18)11-17-3/h4-5,10,15,17H,6-9,11-12H2,1-3H3. The van der Waals surface area contributed by atoms with Crippen LogP contribution in [0.15, 0.2) is 18.2 Å². The van der Waals surface area contributed by atoms with E-state index in [-0.39, 0.29) is 0 Å². The number of nitrogens with zero attached hydrogens (tertiary/aromatic N) is 1. The summed E-state index contributed by atoms with van der Waals surface area (Å²) in [7, 11) is 2.06. The Hall–Kier alpha value is -0.860. The quantitative estimate of drug-likeness (QED) is 0.879. The van der Waals surface area contributed by atoms with Crippen molar-refractivity contribution in [1.82, 2.24) is 10.2 Å². The molecule has 1 heterocycles. The monoisotopic (exact) mass is 246 g/mol. The van der Waals surface area contributed by atoms with Gasteiger partial charge in [-0.1, -0.05) is 18.2 Å². The molecule has 2 heteroatoms. The highest BCUT2D eigenvalue weighted by molar-refractivity contribution is 5.29. The summed E-state index contributed by atoms with van der Waals surface area (Å²) in [5, 5.41) is 3.30. The minimum atomic E-state index is 0.881. The van der Waals surface area contributed by atoms with Gasteiger partial charge in [-0.05, 0) is 76.0 Å². The van der Waals surface area contributed by atoms with E-state index in [2.05, 4.69) is 49.3 Å². The second kappa shape index (κ2) is 6.35. The lowest BCUT2D eigenvalue weighted by Crippen LogP contribution is -2.36. The maximum Gasteiger partial charge on any atom is 0.0233 e. The van der Waals surface area contributed by atoms with E-state index in [1.807, 2.05) is 0 Å². The molecule has 1 N–H and O–H groups in total. The van der Waals surface area contributed by atoms with E-state index in [1.165, 1.54) is 49.2 Å². The predicted octanol–water partition coefficient (Wildman–Crippen LogP) is 2.73. The first-order valence-electron chi connectivity index (χ1n) is 7.12. The van der Waals surface area contributed by atoms with E-state index in [0.29, 0.717) is 0 Å². The molecule has 0 saturated carbocycles. The van der Waals surface area contributed by atoms with Crippen LogP contribution in [0.3, 0.4) is 0 Å². The molecular formula is C16H26N2. The van der Waals surface area contributed by atoms with E-state index in [4.69, 9.17) is 0 Å². The zero-order chi connectivity index (χ0) is 13.0. The maximum atomic E-state index is 3.30. The van der Waals surface area contributed by atoms with Crippen molar-refractivity contribution < 1.29 is 0 Å². The molecule has 100 valence electrons. The highest BCUT2D eigenvalue weighted by Gasteiger charge is 2.18. The molecule has 0 aromatic heterocycles. The van der Waals surface area contributed by atoms with Crippen LogP contribution in [0.25, 0.3) is 0 Å². The van der Waals surface area contributed by atoms with Gasteiger partial charge in [0.1, 0.15) is 0 Å². The van der Waals surface area contributed by atoms with Crippen LogP contribution in [-0.4, -0.2) is 31.6 Å². The van der Waals surface area contributed by atoms with Crippen LogP contribution in [0, 0.1) is 19.8 Å². The Morgan fingerprint density at radius 2 is 1.89 bits per heavy atom. The fourth-order valence-electron chi connectivity index (χ4n) is 2.80. The van der Waals surface area contributed by atoms with E-state index < -0.39 is 0 Å². The lowest BCUT2D eigenvalue weighted by atomic mass is 9.96. The van der Waals surface area contributed by atoms with Crippen LogP contribution in [-0.2, 0) is 6.54 Å². The molecule has 0 radical (unpaired) electrons. The molecule has 2 nitrogen and oxygen atoms in total. The first kappa shape index (κ1) is 13.6. The van der Waals surface area contributed by atoms with Crippen LogP contribution < -0.4 is 5.32 Å². The molecule has 0 bridgehead atoms. The molecule has 1 aliphatic rings. The van der Waals surface area contributed by atoms with Crippen molar-refractivity contribution in [3.8, 4) is 0 Å². The summed E-state index contributed by atoms with van der Waals surface area (Å²) in [6.07, 6.45) is 2.68. The number of aryl methyl sites for hydroxylation is 2. The Bertz CT molecular complexity index is 379. The number of hydrogen-bond acceptors (Lipinski definition) is 2. The summed E-state index contributed by atoms with van der Waals surface area (Å²) < 4.78 is 0. The van der Waals surface area contributed by atoms with Gasteiger partial charge in [0.15, 0.2) is 0 Å². The fourth-order valence-corrected chi connectivity index (χ4v) is 2.80. The summed E-state index contributed by atoms with van der Waals surface area (Å²) in [5.41, 5.74) is 4.27. The Kier molecular flexibility index (Phi) is 4.79.